The number of nitrogens with zero attached hydrogens (tertiary/aromatic N) is 2. The molecule has 0 unspecified atom stereocenters. The first-order valence-corrected chi connectivity index (χ1v) is 5.93. The summed E-state index contributed by atoms with van der Waals surface area (Å²) in [5, 5.41) is 0.242. The van der Waals surface area contributed by atoms with E-state index in [4.69, 9.17) is 5.73 Å². The summed E-state index contributed by atoms with van der Waals surface area (Å²) in [6.45, 7) is 1.66. The van der Waals surface area contributed by atoms with Crippen LogP contribution in [0.4, 0.5) is 13.2 Å². The molecule has 2 aromatic heterocycles. The van der Waals surface area contributed by atoms with Crippen molar-refractivity contribution in [2.24, 2.45) is 5.73 Å². The van der Waals surface area contributed by atoms with E-state index in [1.165, 1.54) is 0 Å². The van der Waals surface area contributed by atoms with Crippen molar-refractivity contribution in [2.45, 2.75) is 19.6 Å². The van der Waals surface area contributed by atoms with E-state index in [0.29, 0.717) is 5.69 Å². The number of alkyl halides is 3. The van der Waals surface area contributed by atoms with E-state index >= 15 is 0 Å². The molecule has 0 aliphatic rings. The van der Waals surface area contributed by atoms with Crippen LogP contribution < -0.4 is 5.73 Å². The Morgan fingerprint density at radius 3 is 2.61 bits per heavy atom. The molecule has 2 aromatic rings. The van der Waals surface area contributed by atoms with Crippen LogP contribution in [0.1, 0.15) is 16.1 Å². The SMILES string of the molecule is Cc1ccnc(-c2nc(C(F)(F)F)c(CN)s2)c1. The number of thiazole rings is 1. The van der Waals surface area contributed by atoms with Gasteiger partial charge < -0.3 is 5.73 Å². The van der Waals surface area contributed by atoms with Gasteiger partial charge in [-0.25, -0.2) is 4.98 Å². The lowest BCUT2D eigenvalue weighted by atomic mass is 10.2. The summed E-state index contributed by atoms with van der Waals surface area (Å²) in [5.41, 5.74) is 5.76. The van der Waals surface area contributed by atoms with E-state index in [0.717, 1.165) is 16.9 Å². The summed E-state index contributed by atoms with van der Waals surface area (Å²) in [5.74, 6) is 0. The minimum Gasteiger partial charge on any atom is -0.326 e. The lowest BCUT2D eigenvalue weighted by molar-refractivity contribution is -0.141. The first-order valence-electron chi connectivity index (χ1n) is 5.12. The molecule has 0 amide bonds. The highest BCUT2D eigenvalue weighted by molar-refractivity contribution is 7.15. The molecule has 2 N–H and O–H groups in total. The zero-order valence-electron chi connectivity index (χ0n) is 9.45. The second-order valence-electron chi connectivity index (χ2n) is 3.71. The first kappa shape index (κ1) is 13.0. The van der Waals surface area contributed by atoms with E-state index in [-0.39, 0.29) is 16.4 Å². The topological polar surface area (TPSA) is 51.8 Å². The lowest BCUT2D eigenvalue weighted by Gasteiger charge is -2.03. The van der Waals surface area contributed by atoms with Crippen LogP contribution in [0.3, 0.4) is 0 Å². The lowest BCUT2D eigenvalue weighted by Crippen LogP contribution is -2.10. The summed E-state index contributed by atoms with van der Waals surface area (Å²) >= 11 is 0.930. The number of hydrogen-bond donors (Lipinski definition) is 1. The van der Waals surface area contributed by atoms with Crippen molar-refractivity contribution in [1.29, 1.82) is 0 Å². The molecule has 0 bridgehead atoms. The third kappa shape index (κ3) is 2.51. The molecule has 2 heterocycles. The fraction of sp³-hybridized carbons (Fsp3) is 0.273. The minimum atomic E-state index is -4.48. The highest BCUT2D eigenvalue weighted by Gasteiger charge is 2.37. The fourth-order valence-corrected chi connectivity index (χ4v) is 2.40. The van der Waals surface area contributed by atoms with Gasteiger partial charge in [0.2, 0.25) is 0 Å². The molecule has 0 fully saturated rings. The van der Waals surface area contributed by atoms with Gasteiger partial charge in [-0.2, -0.15) is 13.2 Å². The zero-order valence-corrected chi connectivity index (χ0v) is 10.3. The Balaban J connectivity index is 2.51. The molecule has 0 aromatic carbocycles. The quantitative estimate of drug-likeness (QED) is 0.915. The first-order chi connectivity index (χ1) is 8.41. The number of halogens is 3. The second kappa shape index (κ2) is 4.66. The molecular weight excluding hydrogens is 263 g/mol. The largest absolute Gasteiger partial charge is 0.434 e. The fourth-order valence-electron chi connectivity index (χ4n) is 1.47. The van der Waals surface area contributed by atoms with Crippen molar-refractivity contribution in [3.05, 3.63) is 34.5 Å². The van der Waals surface area contributed by atoms with Gasteiger partial charge in [-0.3, -0.25) is 4.98 Å². The summed E-state index contributed by atoms with van der Waals surface area (Å²) in [6.07, 6.45) is -2.94. The molecule has 0 saturated carbocycles. The molecule has 0 spiro atoms. The van der Waals surface area contributed by atoms with Gasteiger partial charge >= 0.3 is 6.18 Å². The third-order valence-electron chi connectivity index (χ3n) is 2.29. The van der Waals surface area contributed by atoms with Crippen molar-refractivity contribution in [2.75, 3.05) is 0 Å². The Labute approximate surface area is 105 Å². The van der Waals surface area contributed by atoms with Gasteiger partial charge in [0, 0.05) is 12.7 Å². The summed E-state index contributed by atoms with van der Waals surface area (Å²) in [6, 6.07) is 3.46. The minimum absolute atomic E-state index is 0.0285. The predicted molar refractivity (Wildman–Crippen MR) is 63.0 cm³/mol. The van der Waals surface area contributed by atoms with Crippen LogP contribution in [0.25, 0.3) is 10.7 Å². The Bertz CT molecular complexity index is 563. The molecule has 96 valence electrons. The second-order valence-corrected chi connectivity index (χ2v) is 4.79. The molecule has 0 radical (unpaired) electrons. The predicted octanol–water partition coefficient (Wildman–Crippen LogP) is 2.99. The molecule has 0 aliphatic carbocycles. The number of rotatable bonds is 2. The van der Waals surface area contributed by atoms with Crippen LogP contribution in [-0.4, -0.2) is 9.97 Å². The van der Waals surface area contributed by atoms with Crippen LogP contribution >= 0.6 is 11.3 Å². The average molecular weight is 273 g/mol. The number of aromatic nitrogens is 2. The number of hydrogen-bond acceptors (Lipinski definition) is 4. The Kier molecular flexibility index (Phi) is 3.36. The van der Waals surface area contributed by atoms with Crippen LogP contribution in [0.5, 0.6) is 0 Å². The Morgan fingerprint density at radius 2 is 2.11 bits per heavy atom. The molecule has 0 aliphatic heterocycles. The van der Waals surface area contributed by atoms with E-state index in [1.54, 1.807) is 18.3 Å². The molecule has 18 heavy (non-hydrogen) atoms. The maximum absolute atomic E-state index is 12.7. The number of nitrogens with two attached hydrogens (primary N) is 1. The summed E-state index contributed by atoms with van der Waals surface area (Å²) < 4.78 is 38.1. The highest BCUT2D eigenvalue weighted by atomic mass is 32.1. The monoisotopic (exact) mass is 273 g/mol. The summed E-state index contributed by atoms with van der Waals surface area (Å²) in [7, 11) is 0. The molecule has 0 saturated heterocycles. The van der Waals surface area contributed by atoms with Gasteiger partial charge in [0.05, 0.1) is 10.6 Å². The molecule has 7 heteroatoms. The third-order valence-corrected chi connectivity index (χ3v) is 3.39. The van der Waals surface area contributed by atoms with E-state index in [2.05, 4.69) is 9.97 Å². The maximum atomic E-state index is 12.7. The van der Waals surface area contributed by atoms with Gasteiger partial charge in [-0.05, 0) is 24.6 Å². The Hall–Kier alpha value is -1.47. The summed E-state index contributed by atoms with van der Waals surface area (Å²) in [4.78, 5) is 7.66. The average Bonchev–Trinajstić information content (AvgIpc) is 2.72. The highest BCUT2D eigenvalue weighted by Crippen LogP contribution is 2.36. The van der Waals surface area contributed by atoms with Gasteiger partial charge in [-0.15, -0.1) is 11.3 Å². The molecule has 2 rings (SSSR count). The number of aryl methyl sites for hydroxylation is 1. The van der Waals surface area contributed by atoms with Crippen LogP contribution in [0.15, 0.2) is 18.3 Å². The zero-order chi connectivity index (χ0) is 13.3. The molecule has 0 atom stereocenters. The van der Waals surface area contributed by atoms with Crippen LogP contribution in [0.2, 0.25) is 0 Å². The van der Waals surface area contributed by atoms with Gasteiger partial charge in [0.25, 0.3) is 0 Å². The van der Waals surface area contributed by atoms with Gasteiger partial charge in [-0.1, -0.05) is 0 Å². The molecular formula is C11H10F3N3S. The van der Waals surface area contributed by atoms with Crippen molar-refractivity contribution in [1.82, 2.24) is 9.97 Å². The van der Waals surface area contributed by atoms with E-state index in [1.807, 2.05) is 6.92 Å². The van der Waals surface area contributed by atoms with Crippen molar-refractivity contribution in [3.63, 3.8) is 0 Å². The standard InChI is InChI=1S/C11H10F3N3S/c1-6-2-3-16-7(4-6)10-17-9(11(12,13)14)8(5-15)18-10/h2-4H,5,15H2,1H3. The van der Waals surface area contributed by atoms with Crippen molar-refractivity contribution in [3.8, 4) is 10.7 Å². The van der Waals surface area contributed by atoms with Crippen LogP contribution in [-0.2, 0) is 12.7 Å². The van der Waals surface area contributed by atoms with E-state index < -0.39 is 11.9 Å². The smallest absolute Gasteiger partial charge is 0.326 e. The maximum Gasteiger partial charge on any atom is 0.434 e. The number of pyridine rings is 1. The Morgan fingerprint density at radius 1 is 1.39 bits per heavy atom. The normalized spacial score (nSPS) is 11.8. The van der Waals surface area contributed by atoms with Gasteiger partial charge in [0.1, 0.15) is 5.01 Å². The van der Waals surface area contributed by atoms with E-state index in [9.17, 15) is 13.2 Å². The van der Waals surface area contributed by atoms with Crippen molar-refractivity contribution >= 4 is 11.3 Å². The van der Waals surface area contributed by atoms with Gasteiger partial charge in [0.15, 0.2) is 5.69 Å². The molecule has 3 nitrogen and oxygen atoms in total. The van der Waals surface area contributed by atoms with Crippen molar-refractivity contribution < 1.29 is 13.2 Å². The van der Waals surface area contributed by atoms with Crippen LogP contribution in [0, 0.1) is 6.92 Å².